The number of nitrogens with one attached hydrogen (secondary N) is 1. The summed E-state index contributed by atoms with van der Waals surface area (Å²) in [4.78, 5) is 0. The average molecular weight is 275 g/mol. The summed E-state index contributed by atoms with van der Waals surface area (Å²) in [6, 6.07) is 6.55. The molecule has 1 nitrogen and oxygen atoms in total. The normalized spacial score (nSPS) is 24.8. The second-order valence-corrected chi connectivity index (χ2v) is 6.54. The fourth-order valence-corrected chi connectivity index (χ4v) is 3.83. The van der Waals surface area contributed by atoms with Gasteiger partial charge in [-0.1, -0.05) is 37.8 Å². The van der Waals surface area contributed by atoms with E-state index in [1.807, 2.05) is 0 Å². The quantitative estimate of drug-likeness (QED) is 0.853. The molecule has 1 aliphatic heterocycles. The summed E-state index contributed by atoms with van der Waals surface area (Å²) in [5, 5.41) is 3.54. The van der Waals surface area contributed by atoms with Crippen molar-refractivity contribution in [3.05, 3.63) is 35.1 Å². The zero-order valence-electron chi connectivity index (χ0n) is 12.3. The van der Waals surface area contributed by atoms with Gasteiger partial charge in [-0.15, -0.1) is 0 Å². The lowest BCUT2D eigenvalue weighted by atomic mass is 9.83. The minimum atomic E-state index is 0.0326. The van der Waals surface area contributed by atoms with Gasteiger partial charge in [0.15, 0.2) is 0 Å². The van der Waals surface area contributed by atoms with E-state index in [1.54, 1.807) is 6.07 Å². The number of halogens is 1. The van der Waals surface area contributed by atoms with Gasteiger partial charge in [0.05, 0.1) is 0 Å². The number of hydrogen-bond acceptors (Lipinski definition) is 1. The second kappa shape index (κ2) is 6.71. The van der Waals surface area contributed by atoms with Gasteiger partial charge in [0.2, 0.25) is 0 Å². The highest BCUT2D eigenvalue weighted by Crippen LogP contribution is 2.34. The molecule has 2 heteroatoms. The molecule has 1 aromatic rings. The SMILES string of the molecule is Fc1cc(CC2CCCCN2)ccc1C1CCCCC1. The highest BCUT2D eigenvalue weighted by Gasteiger charge is 2.19. The Morgan fingerprint density at radius 1 is 1.00 bits per heavy atom. The lowest BCUT2D eigenvalue weighted by Gasteiger charge is -2.25. The number of rotatable bonds is 3. The van der Waals surface area contributed by atoms with Crippen LogP contribution >= 0.6 is 0 Å². The Morgan fingerprint density at radius 2 is 1.80 bits per heavy atom. The molecule has 1 atom stereocenters. The van der Waals surface area contributed by atoms with E-state index in [9.17, 15) is 4.39 Å². The van der Waals surface area contributed by atoms with Gasteiger partial charge in [-0.2, -0.15) is 0 Å². The molecule has 1 saturated carbocycles. The monoisotopic (exact) mass is 275 g/mol. The molecule has 1 saturated heterocycles. The van der Waals surface area contributed by atoms with E-state index in [0.717, 1.165) is 24.1 Å². The van der Waals surface area contributed by atoms with E-state index < -0.39 is 0 Å². The Bertz CT molecular complexity index is 431. The first-order chi connectivity index (χ1) is 9.83. The van der Waals surface area contributed by atoms with Crippen LogP contribution in [0.4, 0.5) is 4.39 Å². The number of piperidine rings is 1. The molecule has 2 aliphatic rings. The maximum Gasteiger partial charge on any atom is 0.126 e. The molecule has 0 spiro atoms. The highest BCUT2D eigenvalue weighted by atomic mass is 19.1. The van der Waals surface area contributed by atoms with Gasteiger partial charge >= 0.3 is 0 Å². The molecule has 0 amide bonds. The van der Waals surface area contributed by atoms with Crippen LogP contribution in [0.15, 0.2) is 18.2 Å². The first-order valence-corrected chi connectivity index (χ1v) is 8.34. The standard InChI is InChI=1S/C18H26FN/c19-18-13-14(12-16-8-4-5-11-20-16)9-10-17(18)15-6-2-1-3-7-15/h9-10,13,15-16,20H,1-8,11-12H2. The largest absolute Gasteiger partial charge is 0.314 e. The van der Waals surface area contributed by atoms with Crippen LogP contribution in [0.5, 0.6) is 0 Å². The van der Waals surface area contributed by atoms with Crippen LogP contribution in [0.2, 0.25) is 0 Å². The van der Waals surface area contributed by atoms with E-state index >= 15 is 0 Å². The number of hydrogen-bond donors (Lipinski definition) is 1. The van der Waals surface area contributed by atoms with Crippen LogP contribution in [0, 0.1) is 5.82 Å². The van der Waals surface area contributed by atoms with Crippen LogP contribution in [0.1, 0.15) is 68.4 Å². The second-order valence-electron chi connectivity index (χ2n) is 6.54. The van der Waals surface area contributed by atoms with Crippen molar-refractivity contribution in [3.63, 3.8) is 0 Å². The van der Waals surface area contributed by atoms with Gasteiger partial charge in [-0.3, -0.25) is 0 Å². The van der Waals surface area contributed by atoms with E-state index in [-0.39, 0.29) is 5.82 Å². The summed E-state index contributed by atoms with van der Waals surface area (Å²) in [5.74, 6) is 0.496. The molecule has 1 unspecified atom stereocenters. The Kier molecular flexibility index (Phi) is 4.72. The minimum Gasteiger partial charge on any atom is -0.314 e. The van der Waals surface area contributed by atoms with Crippen molar-refractivity contribution in [1.29, 1.82) is 0 Å². The van der Waals surface area contributed by atoms with Crippen molar-refractivity contribution < 1.29 is 4.39 Å². The lowest BCUT2D eigenvalue weighted by Crippen LogP contribution is -2.35. The van der Waals surface area contributed by atoms with Gasteiger partial charge in [0, 0.05) is 6.04 Å². The molecule has 1 aromatic carbocycles. The summed E-state index contributed by atoms with van der Waals surface area (Å²) in [6.45, 7) is 1.12. The van der Waals surface area contributed by atoms with Crippen molar-refractivity contribution in [2.24, 2.45) is 0 Å². The highest BCUT2D eigenvalue weighted by molar-refractivity contribution is 5.28. The predicted molar refractivity (Wildman–Crippen MR) is 81.6 cm³/mol. The molecule has 1 N–H and O–H groups in total. The summed E-state index contributed by atoms with van der Waals surface area (Å²) in [7, 11) is 0. The third-order valence-electron chi connectivity index (χ3n) is 5.00. The lowest BCUT2D eigenvalue weighted by molar-refractivity contribution is 0.398. The third-order valence-corrected chi connectivity index (χ3v) is 5.00. The van der Waals surface area contributed by atoms with Gasteiger partial charge in [-0.05, 0) is 61.8 Å². The van der Waals surface area contributed by atoms with Crippen LogP contribution in [-0.4, -0.2) is 12.6 Å². The summed E-state index contributed by atoms with van der Waals surface area (Å²) in [5.41, 5.74) is 2.12. The maximum atomic E-state index is 14.4. The first-order valence-electron chi connectivity index (χ1n) is 8.34. The van der Waals surface area contributed by atoms with Crippen LogP contribution in [-0.2, 0) is 6.42 Å². The van der Waals surface area contributed by atoms with Crippen molar-refractivity contribution >= 4 is 0 Å². The van der Waals surface area contributed by atoms with Gasteiger partial charge in [-0.25, -0.2) is 4.39 Å². The maximum absolute atomic E-state index is 14.4. The van der Waals surface area contributed by atoms with E-state index in [4.69, 9.17) is 0 Å². The minimum absolute atomic E-state index is 0.0326. The van der Waals surface area contributed by atoms with E-state index in [1.165, 1.54) is 51.4 Å². The Morgan fingerprint density at radius 3 is 2.50 bits per heavy atom. The van der Waals surface area contributed by atoms with Crippen LogP contribution in [0.3, 0.4) is 0 Å². The summed E-state index contributed by atoms with van der Waals surface area (Å²) < 4.78 is 14.4. The van der Waals surface area contributed by atoms with Crippen LogP contribution < -0.4 is 5.32 Å². The van der Waals surface area contributed by atoms with Crippen molar-refractivity contribution in [2.75, 3.05) is 6.54 Å². The molecule has 2 fully saturated rings. The van der Waals surface area contributed by atoms with Gasteiger partial charge in [0.1, 0.15) is 5.82 Å². The molecule has 1 heterocycles. The molecule has 0 aromatic heterocycles. The van der Waals surface area contributed by atoms with Gasteiger partial charge < -0.3 is 5.32 Å². The Labute approximate surface area is 122 Å². The predicted octanol–water partition coefficient (Wildman–Crippen LogP) is 4.56. The average Bonchev–Trinajstić information content (AvgIpc) is 2.49. The summed E-state index contributed by atoms with van der Waals surface area (Å²) in [6.07, 6.45) is 11.0. The molecule has 0 bridgehead atoms. The molecular weight excluding hydrogens is 249 g/mol. The topological polar surface area (TPSA) is 12.0 Å². The zero-order valence-corrected chi connectivity index (χ0v) is 12.3. The smallest absolute Gasteiger partial charge is 0.126 e. The zero-order chi connectivity index (χ0) is 13.8. The molecular formula is C18H26FN. The summed E-state index contributed by atoms with van der Waals surface area (Å²) >= 11 is 0. The van der Waals surface area contributed by atoms with Crippen molar-refractivity contribution in [3.8, 4) is 0 Å². The van der Waals surface area contributed by atoms with E-state index in [2.05, 4.69) is 17.4 Å². The third kappa shape index (κ3) is 3.41. The molecule has 20 heavy (non-hydrogen) atoms. The van der Waals surface area contributed by atoms with Crippen molar-refractivity contribution in [2.45, 2.75) is 69.7 Å². The molecule has 3 rings (SSSR count). The number of benzene rings is 1. The Balaban J connectivity index is 1.66. The Hall–Kier alpha value is -0.890. The van der Waals surface area contributed by atoms with Crippen molar-refractivity contribution in [1.82, 2.24) is 5.32 Å². The van der Waals surface area contributed by atoms with Gasteiger partial charge in [0.25, 0.3) is 0 Å². The van der Waals surface area contributed by atoms with E-state index in [0.29, 0.717) is 12.0 Å². The first kappa shape index (κ1) is 14.1. The molecule has 0 radical (unpaired) electrons. The fraction of sp³-hybridized carbons (Fsp3) is 0.667. The van der Waals surface area contributed by atoms with Crippen LogP contribution in [0.25, 0.3) is 0 Å². The molecule has 1 aliphatic carbocycles. The molecule has 110 valence electrons. The fourth-order valence-electron chi connectivity index (χ4n) is 3.83.